The number of aromatic amines is 1. The van der Waals surface area contributed by atoms with Crippen LogP contribution >= 0.6 is 0 Å². The molecule has 2 saturated carbocycles. The molecule has 1 aromatic heterocycles. The van der Waals surface area contributed by atoms with E-state index in [2.05, 4.69) is 4.98 Å². The number of H-pyrrole nitrogens is 1. The van der Waals surface area contributed by atoms with Gasteiger partial charge in [0.1, 0.15) is 4.90 Å². The van der Waals surface area contributed by atoms with Crippen molar-refractivity contribution in [2.24, 2.45) is 5.92 Å². The maximum atomic E-state index is 12.5. The van der Waals surface area contributed by atoms with Gasteiger partial charge in [-0.05, 0) is 31.6 Å². The van der Waals surface area contributed by atoms with E-state index in [4.69, 9.17) is 0 Å². The highest BCUT2D eigenvalue weighted by Crippen LogP contribution is 2.37. The van der Waals surface area contributed by atoms with Crippen LogP contribution in [-0.2, 0) is 10.0 Å². The van der Waals surface area contributed by atoms with E-state index in [1.807, 2.05) is 0 Å². The lowest BCUT2D eigenvalue weighted by atomic mass is 10.4. The van der Waals surface area contributed by atoms with Crippen molar-refractivity contribution in [3.63, 3.8) is 0 Å². The molecule has 5 nitrogen and oxygen atoms in total. The molecular weight excluding hydrogens is 252 g/mol. The Balaban J connectivity index is 1.96. The number of rotatable bonds is 5. The van der Waals surface area contributed by atoms with Gasteiger partial charge in [-0.2, -0.15) is 4.31 Å². The number of nitrogens with one attached hydrogen (secondary N) is 1. The minimum Gasteiger partial charge on any atom is -0.366 e. The number of hydrogen-bond acceptors (Lipinski definition) is 3. The maximum absolute atomic E-state index is 12.5. The van der Waals surface area contributed by atoms with Crippen LogP contribution in [0.5, 0.6) is 0 Å². The van der Waals surface area contributed by atoms with Gasteiger partial charge in [0.05, 0.1) is 0 Å². The SMILES string of the molecule is O=c1cc[nH]cc1S(=O)(=O)N(CC1CC1)C1CC1. The summed E-state index contributed by atoms with van der Waals surface area (Å²) >= 11 is 0. The Hall–Kier alpha value is -1.14. The Morgan fingerprint density at radius 1 is 1.28 bits per heavy atom. The van der Waals surface area contributed by atoms with Crippen molar-refractivity contribution in [1.82, 2.24) is 9.29 Å². The van der Waals surface area contributed by atoms with E-state index in [0.717, 1.165) is 25.7 Å². The number of aromatic nitrogens is 1. The van der Waals surface area contributed by atoms with Gasteiger partial charge in [-0.1, -0.05) is 0 Å². The predicted molar refractivity (Wildman–Crippen MR) is 66.7 cm³/mol. The summed E-state index contributed by atoms with van der Waals surface area (Å²) in [6.45, 7) is 0.571. The van der Waals surface area contributed by atoms with Crippen LogP contribution in [0.4, 0.5) is 0 Å². The molecule has 0 atom stereocenters. The lowest BCUT2D eigenvalue weighted by Crippen LogP contribution is -2.37. The second kappa shape index (κ2) is 4.20. The molecule has 3 rings (SSSR count). The van der Waals surface area contributed by atoms with Crippen LogP contribution in [0.25, 0.3) is 0 Å². The van der Waals surface area contributed by atoms with Crippen molar-refractivity contribution in [1.29, 1.82) is 0 Å². The van der Waals surface area contributed by atoms with Crippen LogP contribution in [0.2, 0.25) is 0 Å². The largest absolute Gasteiger partial charge is 0.366 e. The summed E-state index contributed by atoms with van der Waals surface area (Å²) in [5.41, 5.74) is -0.435. The molecule has 0 bridgehead atoms. The molecule has 1 heterocycles. The Morgan fingerprint density at radius 2 is 2.00 bits per heavy atom. The molecule has 0 unspecified atom stereocenters. The molecule has 2 aliphatic carbocycles. The number of sulfonamides is 1. The predicted octanol–water partition coefficient (Wildman–Crippen LogP) is 0.938. The van der Waals surface area contributed by atoms with Gasteiger partial charge in [0.15, 0.2) is 0 Å². The molecule has 0 amide bonds. The summed E-state index contributed by atoms with van der Waals surface area (Å²) in [4.78, 5) is 14.2. The molecular formula is C12H16N2O3S. The Labute approximate surface area is 106 Å². The lowest BCUT2D eigenvalue weighted by Gasteiger charge is -2.21. The molecule has 98 valence electrons. The molecule has 2 aliphatic rings. The van der Waals surface area contributed by atoms with Gasteiger partial charge in [-0.3, -0.25) is 4.79 Å². The molecule has 0 aromatic carbocycles. The van der Waals surface area contributed by atoms with Crippen LogP contribution in [0.1, 0.15) is 25.7 Å². The average molecular weight is 268 g/mol. The normalized spacial score (nSPS) is 20.3. The van der Waals surface area contributed by atoms with Crippen LogP contribution in [0.3, 0.4) is 0 Å². The Bertz CT molecular complexity index is 600. The third-order valence-corrected chi connectivity index (χ3v) is 5.40. The molecule has 18 heavy (non-hydrogen) atoms. The average Bonchev–Trinajstić information content (AvgIpc) is 3.19. The highest BCUT2D eigenvalue weighted by atomic mass is 32.2. The highest BCUT2D eigenvalue weighted by Gasteiger charge is 2.41. The fourth-order valence-electron chi connectivity index (χ4n) is 2.09. The second-order valence-corrected chi connectivity index (χ2v) is 6.98. The standard InChI is InChI=1S/C12H16N2O3S/c15-11-5-6-13-7-12(11)18(16,17)14(10-3-4-10)8-9-1-2-9/h5-7,9-10H,1-4,8H2,(H,13,15). The third kappa shape index (κ3) is 2.22. The zero-order valence-electron chi connectivity index (χ0n) is 10.0. The first kappa shape index (κ1) is 11.9. The van der Waals surface area contributed by atoms with Crippen molar-refractivity contribution in [2.75, 3.05) is 6.54 Å². The van der Waals surface area contributed by atoms with E-state index in [1.54, 1.807) is 0 Å². The first-order valence-electron chi connectivity index (χ1n) is 6.28. The van der Waals surface area contributed by atoms with Crippen LogP contribution in [0, 0.1) is 5.92 Å². The monoisotopic (exact) mass is 268 g/mol. The van der Waals surface area contributed by atoms with E-state index in [1.165, 1.54) is 22.8 Å². The van der Waals surface area contributed by atoms with Crippen LogP contribution in [0.15, 0.2) is 28.2 Å². The zero-order chi connectivity index (χ0) is 12.8. The summed E-state index contributed by atoms with van der Waals surface area (Å²) in [6, 6.07) is 1.37. The van der Waals surface area contributed by atoms with E-state index >= 15 is 0 Å². The summed E-state index contributed by atoms with van der Waals surface area (Å²) in [7, 11) is -3.63. The molecule has 0 radical (unpaired) electrons. The van der Waals surface area contributed by atoms with Gasteiger partial charge in [0.2, 0.25) is 15.5 Å². The third-order valence-electron chi connectivity index (χ3n) is 3.46. The van der Waals surface area contributed by atoms with Crippen molar-refractivity contribution in [2.45, 2.75) is 36.6 Å². The van der Waals surface area contributed by atoms with Gasteiger partial charge in [-0.25, -0.2) is 8.42 Å². The maximum Gasteiger partial charge on any atom is 0.248 e. The fraction of sp³-hybridized carbons (Fsp3) is 0.583. The van der Waals surface area contributed by atoms with Gasteiger partial charge in [-0.15, -0.1) is 0 Å². The Kier molecular flexibility index (Phi) is 2.79. The van der Waals surface area contributed by atoms with E-state index < -0.39 is 15.5 Å². The quantitative estimate of drug-likeness (QED) is 0.864. The Morgan fingerprint density at radius 3 is 2.56 bits per heavy atom. The summed E-state index contributed by atoms with van der Waals surface area (Å²) in [6.07, 6.45) is 6.77. The summed E-state index contributed by atoms with van der Waals surface area (Å²) in [5.74, 6) is 0.489. The first-order valence-corrected chi connectivity index (χ1v) is 7.72. The van der Waals surface area contributed by atoms with E-state index in [-0.39, 0.29) is 10.9 Å². The highest BCUT2D eigenvalue weighted by molar-refractivity contribution is 7.89. The fourth-order valence-corrected chi connectivity index (χ4v) is 3.89. The first-order chi connectivity index (χ1) is 8.59. The topological polar surface area (TPSA) is 70.2 Å². The minimum absolute atomic E-state index is 0.107. The second-order valence-electron chi connectivity index (χ2n) is 5.12. The van der Waals surface area contributed by atoms with Crippen LogP contribution in [-0.4, -0.2) is 30.3 Å². The van der Waals surface area contributed by atoms with E-state index in [9.17, 15) is 13.2 Å². The van der Waals surface area contributed by atoms with Gasteiger partial charge in [0.25, 0.3) is 0 Å². The van der Waals surface area contributed by atoms with Gasteiger partial charge >= 0.3 is 0 Å². The lowest BCUT2D eigenvalue weighted by molar-refractivity contribution is 0.388. The molecule has 1 N–H and O–H groups in total. The number of hydrogen-bond donors (Lipinski definition) is 1. The molecule has 1 aromatic rings. The van der Waals surface area contributed by atoms with Crippen LogP contribution < -0.4 is 5.43 Å². The molecule has 0 aliphatic heterocycles. The molecule has 0 saturated heterocycles. The molecule has 6 heteroatoms. The van der Waals surface area contributed by atoms with Crippen molar-refractivity contribution >= 4 is 10.0 Å². The molecule has 2 fully saturated rings. The van der Waals surface area contributed by atoms with Crippen molar-refractivity contribution in [3.05, 3.63) is 28.7 Å². The summed E-state index contributed by atoms with van der Waals surface area (Å²) in [5, 5.41) is 0. The van der Waals surface area contributed by atoms with Crippen molar-refractivity contribution in [3.8, 4) is 0 Å². The molecule has 0 spiro atoms. The van der Waals surface area contributed by atoms with Gasteiger partial charge < -0.3 is 4.98 Å². The zero-order valence-corrected chi connectivity index (χ0v) is 10.8. The van der Waals surface area contributed by atoms with Gasteiger partial charge in [0, 0.05) is 31.0 Å². The minimum atomic E-state index is -3.63. The van der Waals surface area contributed by atoms with E-state index in [0.29, 0.717) is 12.5 Å². The number of nitrogens with zero attached hydrogens (tertiary/aromatic N) is 1. The van der Waals surface area contributed by atoms with Crippen molar-refractivity contribution < 1.29 is 8.42 Å². The summed E-state index contributed by atoms with van der Waals surface area (Å²) < 4.78 is 26.5. The number of pyridine rings is 1. The smallest absolute Gasteiger partial charge is 0.248 e.